The lowest BCUT2D eigenvalue weighted by molar-refractivity contribution is 0.0697. The van der Waals surface area contributed by atoms with Gasteiger partial charge in [0.2, 0.25) is 0 Å². The Bertz CT molecular complexity index is 579. The van der Waals surface area contributed by atoms with Crippen LogP contribution in [0.1, 0.15) is 10.4 Å². The highest BCUT2D eigenvalue weighted by Crippen LogP contribution is 2.26. The number of rotatable bonds is 2. The molecule has 17 heavy (non-hydrogen) atoms. The standard InChI is InChI=1S/C13H8Cl2O2/c14-11-3-1-2-8(5-11)9-4-10(13(16)17)7-12(15)6-9/h1-7H,(H,16,17). The summed E-state index contributed by atoms with van der Waals surface area (Å²) in [6.07, 6.45) is 0. The van der Waals surface area contributed by atoms with Gasteiger partial charge in [-0.15, -0.1) is 0 Å². The lowest BCUT2D eigenvalue weighted by Crippen LogP contribution is -1.96. The van der Waals surface area contributed by atoms with Gasteiger partial charge in [-0.2, -0.15) is 0 Å². The highest BCUT2D eigenvalue weighted by atomic mass is 35.5. The minimum Gasteiger partial charge on any atom is -0.478 e. The van der Waals surface area contributed by atoms with Crippen LogP contribution in [0.5, 0.6) is 0 Å². The third kappa shape index (κ3) is 2.78. The summed E-state index contributed by atoms with van der Waals surface area (Å²) in [5, 5.41) is 9.94. The molecule has 0 atom stereocenters. The average molecular weight is 267 g/mol. The van der Waals surface area contributed by atoms with Gasteiger partial charge in [-0.25, -0.2) is 4.79 Å². The molecule has 0 aliphatic heterocycles. The molecule has 0 unspecified atom stereocenters. The quantitative estimate of drug-likeness (QED) is 0.877. The molecule has 2 rings (SSSR count). The van der Waals surface area contributed by atoms with E-state index < -0.39 is 5.97 Å². The van der Waals surface area contributed by atoms with Crippen LogP contribution in [0, 0.1) is 0 Å². The molecule has 0 aromatic heterocycles. The van der Waals surface area contributed by atoms with E-state index >= 15 is 0 Å². The molecular weight excluding hydrogens is 259 g/mol. The molecule has 1 N–H and O–H groups in total. The van der Waals surface area contributed by atoms with Crippen molar-refractivity contribution in [2.24, 2.45) is 0 Å². The summed E-state index contributed by atoms with van der Waals surface area (Å²) in [7, 11) is 0. The van der Waals surface area contributed by atoms with E-state index in [0.717, 1.165) is 11.1 Å². The van der Waals surface area contributed by atoms with Gasteiger partial charge >= 0.3 is 5.97 Å². The van der Waals surface area contributed by atoms with Crippen LogP contribution < -0.4 is 0 Å². The summed E-state index contributed by atoms with van der Waals surface area (Å²) < 4.78 is 0. The molecule has 0 heterocycles. The summed E-state index contributed by atoms with van der Waals surface area (Å²) in [4.78, 5) is 10.9. The molecule has 0 spiro atoms. The minimum atomic E-state index is -1.00. The van der Waals surface area contributed by atoms with Gasteiger partial charge in [0.1, 0.15) is 0 Å². The fourth-order valence-corrected chi connectivity index (χ4v) is 1.97. The number of carboxylic acid groups (broad SMARTS) is 1. The molecule has 0 amide bonds. The van der Waals surface area contributed by atoms with Crippen LogP contribution >= 0.6 is 23.2 Å². The van der Waals surface area contributed by atoms with Crippen LogP contribution in [0.15, 0.2) is 42.5 Å². The largest absolute Gasteiger partial charge is 0.478 e. The second kappa shape index (κ2) is 4.78. The van der Waals surface area contributed by atoms with Gasteiger partial charge in [0.15, 0.2) is 0 Å². The van der Waals surface area contributed by atoms with Gasteiger partial charge in [0.25, 0.3) is 0 Å². The van der Waals surface area contributed by atoms with Crippen molar-refractivity contribution in [1.29, 1.82) is 0 Å². The zero-order chi connectivity index (χ0) is 12.4. The number of carbonyl (C=O) groups is 1. The molecule has 0 radical (unpaired) electrons. The van der Waals surface area contributed by atoms with E-state index in [2.05, 4.69) is 0 Å². The third-order valence-corrected chi connectivity index (χ3v) is 2.76. The second-order valence-corrected chi connectivity index (χ2v) is 4.42. The highest BCUT2D eigenvalue weighted by molar-refractivity contribution is 6.31. The predicted octanol–water partition coefficient (Wildman–Crippen LogP) is 4.36. The van der Waals surface area contributed by atoms with Gasteiger partial charge in [0, 0.05) is 10.0 Å². The summed E-state index contributed by atoms with van der Waals surface area (Å²) in [6.45, 7) is 0. The molecule has 0 aliphatic carbocycles. The Morgan fingerprint density at radius 3 is 2.29 bits per heavy atom. The van der Waals surface area contributed by atoms with E-state index in [1.807, 2.05) is 6.07 Å². The number of aromatic carboxylic acids is 1. The molecule has 0 saturated heterocycles. The second-order valence-electron chi connectivity index (χ2n) is 3.54. The summed E-state index contributed by atoms with van der Waals surface area (Å²) in [5.74, 6) is -1.00. The van der Waals surface area contributed by atoms with Crippen LogP contribution in [0.2, 0.25) is 10.0 Å². The molecule has 4 heteroatoms. The van der Waals surface area contributed by atoms with E-state index in [9.17, 15) is 4.79 Å². The van der Waals surface area contributed by atoms with Crippen molar-refractivity contribution < 1.29 is 9.90 Å². The molecule has 2 nitrogen and oxygen atoms in total. The fraction of sp³-hybridized carbons (Fsp3) is 0. The molecular formula is C13H8Cl2O2. The zero-order valence-corrected chi connectivity index (χ0v) is 10.2. The van der Waals surface area contributed by atoms with E-state index in [0.29, 0.717) is 10.0 Å². The molecule has 86 valence electrons. The molecule has 2 aromatic rings. The first-order valence-corrected chi connectivity index (χ1v) is 5.62. The van der Waals surface area contributed by atoms with Gasteiger partial charge in [-0.1, -0.05) is 35.3 Å². The van der Waals surface area contributed by atoms with Crippen molar-refractivity contribution in [3.05, 3.63) is 58.1 Å². The van der Waals surface area contributed by atoms with Crippen molar-refractivity contribution in [2.75, 3.05) is 0 Å². The van der Waals surface area contributed by atoms with Crippen LogP contribution in [-0.4, -0.2) is 11.1 Å². The molecule has 0 bridgehead atoms. The Morgan fingerprint density at radius 1 is 0.941 bits per heavy atom. The van der Waals surface area contributed by atoms with E-state index in [-0.39, 0.29) is 5.56 Å². The predicted molar refractivity (Wildman–Crippen MR) is 68.9 cm³/mol. The van der Waals surface area contributed by atoms with Crippen molar-refractivity contribution in [3.8, 4) is 11.1 Å². The zero-order valence-electron chi connectivity index (χ0n) is 8.65. The first-order chi connectivity index (χ1) is 8.06. The lowest BCUT2D eigenvalue weighted by atomic mass is 10.0. The maximum Gasteiger partial charge on any atom is 0.335 e. The molecule has 0 aliphatic rings. The Labute approximate surface area is 108 Å². The van der Waals surface area contributed by atoms with Crippen LogP contribution in [0.4, 0.5) is 0 Å². The van der Waals surface area contributed by atoms with Gasteiger partial charge < -0.3 is 5.11 Å². The smallest absolute Gasteiger partial charge is 0.335 e. The van der Waals surface area contributed by atoms with Crippen molar-refractivity contribution in [2.45, 2.75) is 0 Å². The number of hydrogen-bond acceptors (Lipinski definition) is 1. The topological polar surface area (TPSA) is 37.3 Å². The van der Waals surface area contributed by atoms with Gasteiger partial charge in [-0.05, 0) is 41.5 Å². The normalized spacial score (nSPS) is 10.2. The Kier molecular flexibility index (Phi) is 3.36. The average Bonchev–Trinajstić information content (AvgIpc) is 2.28. The van der Waals surface area contributed by atoms with E-state index in [1.54, 1.807) is 30.3 Å². The monoisotopic (exact) mass is 266 g/mol. The maximum absolute atomic E-state index is 10.9. The van der Waals surface area contributed by atoms with Crippen molar-refractivity contribution in [3.63, 3.8) is 0 Å². The Hall–Kier alpha value is -1.51. The van der Waals surface area contributed by atoms with Crippen LogP contribution in [0.3, 0.4) is 0 Å². The number of halogens is 2. The third-order valence-electron chi connectivity index (χ3n) is 2.30. The van der Waals surface area contributed by atoms with Crippen LogP contribution in [0.25, 0.3) is 11.1 Å². The number of hydrogen-bond donors (Lipinski definition) is 1. The van der Waals surface area contributed by atoms with Gasteiger partial charge in [-0.3, -0.25) is 0 Å². The van der Waals surface area contributed by atoms with Crippen molar-refractivity contribution in [1.82, 2.24) is 0 Å². The summed E-state index contributed by atoms with van der Waals surface area (Å²) in [5.41, 5.74) is 1.73. The Balaban J connectivity index is 2.56. The highest BCUT2D eigenvalue weighted by Gasteiger charge is 2.07. The lowest BCUT2D eigenvalue weighted by Gasteiger charge is -2.05. The fourth-order valence-electron chi connectivity index (χ4n) is 1.55. The van der Waals surface area contributed by atoms with E-state index in [1.165, 1.54) is 6.07 Å². The summed E-state index contributed by atoms with van der Waals surface area (Å²) >= 11 is 11.8. The number of benzene rings is 2. The number of carboxylic acids is 1. The molecule has 0 fully saturated rings. The first kappa shape index (κ1) is 12.0. The van der Waals surface area contributed by atoms with Crippen LogP contribution in [-0.2, 0) is 0 Å². The maximum atomic E-state index is 10.9. The van der Waals surface area contributed by atoms with Gasteiger partial charge in [0.05, 0.1) is 5.56 Å². The van der Waals surface area contributed by atoms with Crippen molar-refractivity contribution >= 4 is 29.2 Å². The molecule has 2 aromatic carbocycles. The summed E-state index contributed by atoms with van der Waals surface area (Å²) in [6, 6.07) is 11.9. The van der Waals surface area contributed by atoms with E-state index in [4.69, 9.17) is 28.3 Å². The molecule has 0 saturated carbocycles. The first-order valence-electron chi connectivity index (χ1n) is 4.86. The Morgan fingerprint density at radius 2 is 1.65 bits per heavy atom. The minimum absolute atomic E-state index is 0.160. The SMILES string of the molecule is O=C(O)c1cc(Cl)cc(-c2cccc(Cl)c2)c1.